The summed E-state index contributed by atoms with van der Waals surface area (Å²) in [7, 11) is 0. The van der Waals surface area contributed by atoms with Crippen molar-refractivity contribution in [2.24, 2.45) is 0 Å². The highest BCUT2D eigenvalue weighted by atomic mass is 19.1. The maximum Gasteiger partial charge on any atom is 0.146 e. The first-order valence-corrected chi connectivity index (χ1v) is 14.1. The van der Waals surface area contributed by atoms with Crippen LogP contribution in [-0.4, -0.2) is 0 Å². The number of hydrogen-bond donors (Lipinski definition) is 0. The molecule has 0 nitrogen and oxygen atoms in total. The normalized spacial score (nSPS) is 10.5. The zero-order chi connectivity index (χ0) is 26.6. The van der Waals surface area contributed by atoms with E-state index in [1.165, 1.54) is 56.1 Å². The SMILES string of the molecule is CCCCCCc1ccc(C#Cc2ccc(C#Cc3ccc4cc(CCCCC)ccc4c3F)cc2)cc1. The molecule has 0 aliphatic carbocycles. The summed E-state index contributed by atoms with van der Waals surface area (Å²) < 4.78 is 15.1. The molecule has 38 heavy (non-hydrogen) atoms. The van der Waals surface area contributed by atoms with Crippen LogP contribution in [0.4, 0.5) is 4.39 Å². The first-order valence-electron chi connectivity index (χ1n) is 14.1. The van der Waals surface area contributed by atoms with Crippen LogP contribution in [0, 0.1) is 29.5 Å². The van der Waals surface area contributed by atoms with E-state index >= 15 is 4.39 Å². The Labute approximate surface area is 228 Å². The molecule has 4 aromatic carbocycles. The molecule has 0 saturated heterocycles. The van der Waals surface area contributed by atoms with E-state index in [0.717, 1.165) is 34.9 Å². The molecular weight excluding hydrogens is 463 g/mol. The van der Waals surface area contributed by atoms with E-state index in [-0.39, 0.29) is 5.82 Å². The summed E-state index contributed by atoms with van der Waals surface area (Å²) in [6.07, 6.45) is 10.9. The maximum atomic E-state index is 15.1. The van der Waals surface area contributed by atoms with Gasteiger partial charge < -0.3 is 0 Å². The maximum absolute atomic E-state index is 15.1. The Kier molecular flexibility index (Phi) is 10.2. The van der Waals surface area contributed by atoms with Crippen molar-refractivity contribution in [1.82, 2.24) is 0 Å². The van der Waals surface area contributed by atoms with E-state index in [9.17, 15) is 0 Å². The predicted octanol–water partition coefficient (Wildman–Crippen LogP) is 9.63. The van der Waals surface area contributed by atoms with E-state index in [0.29, 0.717) is 10.9 Å². The molecule has 0 atom stereocenters. The van der Waals surface area contributed by atoms with Gasteiger partial charge in [-0.1, -0.05) is 106 Å². The molecule has 0 N–H and O–H groups in total. The second kappa shape index (κ2) is 14.2. The van der Waals surface area contributed by atoms with Crippen molar-refractivity contribution in [3.05, 3.63) is 118 Å². The van der Waals surface area contributed by atoms with Gasteiger partial charge in [-0.05, 0) is 84.7 Å². The van der Waals surface area contributed by atoms with E-state index in [4.69, 9.17) is 0 Å². The van der Waals surface area contributed by atoms with Gasteiger partial charge in [0.05, 0.1) is 5.56 Å². The molecule has 1 heteroatoms. The van der Waals surface area contributed by atoms with Crippen LogP contribution >= 0.6 is 0 Å². The number of halogens is 1. The smallest absolute Gasteiger partial charge is 0.146 e. The number of benzene rings is 4. The Morgan fingerprint density at radius 2 is 1.05 bits per heavy atom. The second-order valence-electron chi connectivity index (χ2n) is 10.0. The van der Waals surface area contributed by atoms with Gasteiger partial charge in [0.1, 0.15) is 5.82 Å². The van der Waals surface area contributed by atoms with Crippen LogP contribution < -0.4 is 0 Å². The third-order valence-corrected chi connectivity index (χ3v) is 6.94. The molecule has 192 valence electrons. The van der Waals surface area contributed by atoms with Crippen LogP contribution in [0.25, 0.3) is 10.8 Å². The minimum Gasteiger partial charge on any atom is -0.205 e. The van der Waals surface area contributed by atoms with Crippen LogP contribution in [0.15, 0.2) is 78.9 Å². The molecule has 0 aliphatic heterocycles. The van der Waals surface area contributed by atoms with Crippen molar-refractivity contribution in [3.8, 4) is 23.7 Å². The van der Waals surface area contributed by atoms with Crippen LogP contribution in [-0.2, 0) is 12.8 Å². The van der Waals surface area contributed by atoms with E-state index < -0.39 is 0 Å². The summed E-state index contributed by atoms with van der Waals surface area (Å²) in [4.78, 5) is 0. The number of aryl methyl sites for hydroxylation is 2. The van der Waals surface area contributed by atoms with Crippen LogP contribution in [0.3, 0.4) is 0 Å². The second-order valence-corrected chi connectivity index (χ2v) is 10.0. The zero-order valence-electron chi connectivity index (χ0n) is 22.7. The van der Waals surface area contributed by atoms with Gasteiger partial charge in [-0.2, -0.15) is 0 Å². The third kappa shape index (κ3) is 7.84. The lowest BCUT2D eigenvalue weighted by Crippen LogP contribution is -1.90. The monoisotopic (exact) mass is 500 g/mol. The van der Waals surface area contributed by atoms with Gasteiger partial charge >= 0.3 is 0 Å². The van der Waals surface area contributed by atoms with E-state index in [1.54, 1.807) is 6.07 Å². The molecule has 0 fully saturated rings. The largest absolute Gasteiger partial charge is 0.205 e. The molecule has 4 aromatic rings. The lowest BCUT2D eigenvalue weighted by atomic mass is 10.0. The van der Waals surface area contributed by atoms with Crippen LogP contribution in [0.1, 0.15) is 92.2 Å². The molecule has 0 spiro atoms. The average molecular weight is 501 g/mol. The molecule has 0 unspecified atom stereocenters. The molecule has 0 bridgehead atoms. The van der Waals surface area contributed by atoms with Gasteiger partial charge in [0.2, 0.25) is 0 Å². The highest BCUT2D eigenvalue weighted by Gasteiger charge is 2.06. The van der Waals surface area contributed by atoms with Gasteiger partial charge in [-0.15, -0.1) is 0 Å². The van der Waals surface area contributed by atoms with Gasteiger partial charge in [0.25, 0.3) is 0 Å². The lowest BCUT2D eigenvalue weighted by molar-refractivity contribution is 0.636. The molecule has 0 saturated carbocycles. The molecule has 0 amide bonds. The quantitative estimate of drug-likeness (QED) is 0.158. The Hall–Kier alpha value is -3.81. The predicted molar refractivity (Wildman–Crippen MR) is 160 cm³/mol. The average Bonchev–Trinajstić information content (AvgIpc) is 2.95. The van der Waals surface area contributed by atoms with Crippen molar-refractivity contribution < 1.29 is 4.39 Å². The summed E-state index contributed by atoms with van der Waals surface area (Å²) in [5.74, 6) is 12.4. The topological polar surface area (TPSA) is 0 Å². The van der Waals surface area contributed by atoms with Crippen molar-refractivity contribution in [3.63, 3.8) is 0 Å². The fourth-order valence-corrected chi connectivity index (χ4v) is 4.60. The van der Waals surface area contributed by atoms with E-state index in [1.807, 2.05) is 42.5 Å². The molecule has 0 radical (unpaired) electrons. The summed E-state index contributed by atoms with van der Waals surface area (Å²) >= 11 is 0. The fraction of sp³-hybridized carbons (Fsp3) is 0.297. The van der Waals surface area contributed by atoms with Gasteiger partial charge in [0, 0.05) is 22.1 Å². The summed E-state index contributed by atoms with van der Waals surface area (Å²) in [5.41, 5.74) is 5.87. The third-order valence-electron chi connectivity index (χ3n) is 6.94. The number of fused-ring (bicyclic) bond motifs is 1. The van der Waals surface area contributed by atoms with Gasteiger partial charge in [-0.3, -0.25) is 0 Å². The Bertz CT molecular complexity index is 1450. The minimum absolute atomic E-state index is 0.246. The first kappa shape index (κ1) is 27.2. The fourth-order valence-electron chi connectivity index (χ4n) is 4.60. The van der Waals surface area contributed by atoms with Crippen molar-refractivity contribution in [2.45, 2.75) is 71.6 Å². The summed E-state index contributed by atoms with van der Waals surface area (Å²) in [5, 5.41) is 1.57. The number of hydrogen-bond acceptors (Lipinski definition) is 0. The highest BCUT2D eigenvalue weighted by molar-refractivity contribution is 5.85. The standard InChI is InChI=1S/C37H37F/c1-3-5-7-9-10-29-12-14-30(15-13-29)16-17-31-18-20-32(21-19-31)22-24-34-25-26-35-28-33(11-8-6-4-2)23-27-36(35)37(34)38/h12-15,18-21,23,25-28H,3-11H2,1-2H3. The van der Waals surface area contributed by atoms with Gasteiger partial charge in [0.15, 0.2) is 0 Å². The van der Waals surface area contributed by atoms with Gasteiger partial charge in [-0.25, -0.2) is 4.39 Å². The Morgan fingerprint density at radius 3 is 1.71 bits per heavy atom. The van der Waals surface area contributed by atoms with Crippen molar-refractivity contribution in [1.29, 1.82) is 0 Å². The van der Waals surface area contributed by atoms with Crippen molar-refractivity contribution in [2.75, 3.05) is 0 Å². The Morgan fingerprint density at radius 1 is 0.526 bits per heavy atom. The summed E-state index contributed by atoms with van der Waals surface area (Å²) in [6.45, 7) is 4.45. The molecule has 0 aliphatic rings. The van der Waals surface area contributed by atoms with E-state index in [2.05, 4.69) is 67.9 Å². The highest BCUT2D eigenvalue weighted by Crippen LogP contribution is 2.23. The molecular formula is C37H37F. The zero-order valence-corrected chi connectivity index (χ0v) is 22.7. The summed E-state index contributed by atoms with van der Waals surface area (Å²) in [6, 6.07) is 26.2. The number of unbranched alkanes of at least 4 members (excludes halogenated alkanes) is 5. The first-order chi connectivity index (χ1) is 18.7. The lowest BCUT2D eigenvalue weighted by Gasteiger charge is -2.06. The molecule has 0 heterocycles. The Balaban J connectivity index is 1.39. The number of rotatable bonds is 9. The molecule has 0 aromatic heterocycles. The van der Waals surface area contributed by atoms with Crippen molar-refractivity contribution >= 4 is 10.8 Å². The minimum atomic E-state index is -0.246. The van der Waals surface area contributed by atoms with Crippen LogP contribution in [0.2, 0.25) is 0 Å². The molecule has 4 rings (SSSR count). The van der Waals surface area contributed by atoms with Crippen LogP contribution in [0.5, 0.6) is 0 Å².